The number of hydrogen-bond donors (Lipinski definition) is 10. The minimum atomic E-state index is -4.64. The zero-order chi connectivity index (χ0) is 37.7. The van der Waals surface area contributed by atoms with Crippen LogP contribution in [0.3, 0.4) is 0 Å². The highest BCUT2D eigenvalue weighted by molar-refractivity contribution is 7.45. The summed E-state index contributed by atoms with van der Waals surface area (Å²) >= 11 is 0. The van der Waals surface area contributed by atoms with Crippen molar-refractivity contribution in [3.63, 3.8) is 0 Å². The minimum Gasteiger partial charge on any atom is -0.504 e. The van der Waals surface area contributed by atoms with E-state index in [1.165, 1.54) is 22.3 Å². The lowest BCUT2D eigenvalue weighted by molar-refractivity contribution is -0.0453. The van der Waals surface area contributed by atoms with Crippen molar-refractivity contribution in [1.82, 2.24) is 9.80 Å². The van der Waals surface area contributed by atoms with Crippen LogP contribution >= 0.6 is 15.6 Å². The predicted molar refractivity (Wildman–Crippen MR) is 187 cm³/mol. The molecule has 2 fully saturated rings. The largest absolute Gasteiger partial charge is 0.504 e. The van der Waals surface area contributed by atoms with E-state index < -0.39 is 27.9 Å². The van der Waals surface area contributed by atoms with E-state index in [9.17, 15) is 20.4 Å². The maximum atomic E-state index is 10.4. The Bertz CT molecular complexity index is 1760. The molecule has 10 atom stereocenters. The van der Waals surface area contributed by atoms with Crippen LogP contribution in [0.5, 0.6) is 23.0 Å². The van der Waals surface area contributed by atoms with Gasteiger partial charge in [-0.25, -0.2) is 9.13 Å². The number of phosphoric acid groups is 2. The summed E-state index contributed by atoms with van der Waals surface area (Å²) in [6.07, 6.45) is 10.4. The zero-order valence-corrected chi connectivity index (χ0v) is 30.7. The summed E-state index contributed by atoms with van der Waals surface area (Å²) in [6, 6.07) is 8.45. The lowest BCUT2D eigenvalue weighted by Crippen LogP contribution is -2.64. The van der Waals surface area contributed by atoms with Crippen LogP contribution in [0, 0.1) is 11.8 Å². The van der Waals surface area contributed by atoms with Gasteiger partial charge in [0.1, 0.15) is 24.4 Å². The van der Waals surface area contributed by atoms with E-state index in [0.29, 0.717) is 35.4 Å². The van der Waals surface area contributed by atoms with Crippen LogP contribution in [0.4, 0.5) is 0 Å². The number of aliphatic hydroxyl groups is 2. The van der Waals surface area contributed by atoms with Crippen LogP contribution in [0.25, 0.3) is 0 Å². The first-order chi connectivity index (χ1) is 24.3. The van der Waals surface area contributed by atoms with Crippen molar-refractivity contribution in [2.75, 3.05) is 27.2 Å². The number of rotatable bonds is 0. The molecule has 4 aliphatic heterocycles. The van der Waals surface area contributed by atoms with Crippen molar-refractivity contribution in [2.24, 2.45) is 11.8 Å². The molecule has 53 heavy (non-hydrogen) atoms. The van der Waals surface area contributed by atoms with E-state index in [-0.39, 0.29) is 40.0 Å². The molecule has 2 saturated heterocycles. The molecule has 2 aromatic carbocycles. The van der Waals surface area contributed by atoms with Crippen LogP contribution in [-0.4, -0.2) is 129 Å². The number of likely N-dealkylation sites (N-methyl/N-ethyl adjacent to an activating group) is 2. The van der Waals surface area contributed by atoms with Gasteiger partial charge in [0.05, 0.1) is 0 Å². The summed E-state index contributed by atoms with van der Waals surface area (Å²) in [5, 5.41) is 41.3. The summed E-state index contributed by atoms with van der Waals surface area (Å²) in [5.74, 6) is 2.38. The first-order valence-electron chi connectivity index (χ1n) is 17.0. The molecule has 2 spiro atoms. The van der Waals surface area contributed by atoms with Crippen molar-refractivity contribution >= 4 is 15.6 Å². The summed E-state index contributed by atoms with van der Waals surface area (Å²) in [5.41, 5.74) is 4.58. The first-order valence-corrected chi connectivity index (χ1v) is 20.1. The molecule has 0 amide bonds. The predicted octanol–water partition coefficient (Wildman–Crippen LogP) is -0.286. The second-order valence-corrected chi connectivity index (χ2v) is 16.9. The van der Waals surface area contributed by atoms with Crippen LogP contribution in [0.15, 0.2) is 48.6 Å². The number of likely N-dealkylation sites (tertiary alicyclic amines) is 2. The zero-order valence-electron chi connectivity index (χ0n) is 28.9. The van der Waals surface area contributed by atoms with Crippen LogP contribution < -0.4 is 9.47 Å². The summed E-state index contributed by atoms with van der Waals surface area (Å²) in [6.45, 7) is 2.02. The smallest absolute Gasteiger partial charge is 0.466 e. The quantitative estimate of drug-likeness (QED) is 0.121. The average Bonchev–Trinajstić information content (AvgIpc) is 3.59. The topological polar surface area (TPSA) is 293 Å². The molecule has 0 aromatic heterocycles. The number of aliphatic hydroxyl groups excluding tert-OH is 2. The third kappa shape index (κ3) is 6.55. The Balaban J connectivity index is 0.000000143. The highest BCUT2D eigenvalue weighted by Crippen LogP contribution is 2.63. The van der Waals surface area contributed by atoms with Crippen LogP contribution in [0.2, 0.25) is 0 Å². The molecule has 0 radical (unpaired) electrons. The van der Waals surface area contributed by atoms with Gasteiger partial charge in [-0.3, -0.25) is 0 Å². The fourth-order valence-corrected chi connectivity index (χ4v) is 10.5. The number of hydrogen-bond acceptors (Lipinski definition) is 10. The maximum Gasteiger partial charge on any atom is 0.466 e. The van der Waals surface area contributed by atoms with E-state index in [0.717, 1.165) is 38.8 Å². The minimum absolute atomic E-state index is 0. The molecule has 0 saturated carbocycles. The van der Waals surface area contributed by atoms with Crippen molar-refractivity contribution in [3.05, 3.63) is 70.8 Å². The van der Waals surface area contributed by atoms with Crippen LogP contribution in [-0.2, 0) is 32.8 Å². The molecule has 12 N–H and O–H groups in total. The molecule has 8 aliphatic rings. The number of ether oxygens (including phenoxy) is 2. The van der Waals surface area contributed by atoms with Gasteiger partial charge in [0.25, 0.3) is 0 Å². The first kappa shape index (κ1) is 39.8. The number of phenolic OH excluding ortho intramolecular Hbond substituents is 2. The van der Waals surface area contributed by atoms with E-state index in [1.54, 1.807) is 12.1 Å². The van der Waals surface area contributed by atoms with Crippen LogP contribution in [0.1, 0.15) is 35.1 Å². The third-order valence-corrected chi connectivity index (χ3v) is 12.3. The summed E-state index contributed by atoms with van der Waals surface area (Å²) in [7, 11) is -4.90. The number of piperidine rings is 2. The van der Waals surface area contributed by atoms with Gasteiger partial charge in [-0.2, -0.15) is 0 Å². The molecule has 10 rings (SSSR count). The molecule has 4 aliphatic carbocycles. The number of phenols is 2. The molecule has 0 unspecified atom stereocenters. The summed E-state index contributed by atoms with van der Waals surface area (Å²) in [4.78, 5) is 48.0. The van der Waals surface area contributed by atoms with Gasteiger partial charge >= 0.3 is 15.6 Å². The second-order valence-electron chi connectivity index (χ2n) is 14.9. The lowest BCUT2D eigenvalue weighted by Gasteiger charge is -2.56. The summed E-state index contributed by atoms with van der Waals surface area (Å²) < 4.78 is 29.9. The molecule has 4 bridgehead atoms. The number of benzene rings is 2. The van der Waals surface area contributed by atoms with Crippen molar-refractivity contribution < 1.29 is 73.9 Å². The highest BCUT2D eigenvalue weighted by Gasteiger charge is 2.65. The average molecular weight is 785 g/mol. The normalized spacial score (nSPS) is 36.0. The Morgan fingerprint density at radius 2 is 0.981 bits per heavy atom. The Kier molecular flexibility index (Phi) is 10.3. The van der Waals surface area contributed by atoms with E-state index in [4.69, 9.17) is 48.0 Å². The Hall–Kier alpha value is -2.86. The van der Waals surface area contributed by atoms with Crippen molar-refractivity contribution in [2.45, 2.75) is 73.0 Å². The third-order valence-electron chi connectivity index (χ3n) is 12.3. The Morgan fingerprint density at radius 3 is 1.32 bits per heavy atom. The molecule has 17 nitrogen and oxygen atoms in total. The lowest BCUT2D eigenvalue weighted by atomic mass is 9.53. The Morgan fingerprint density at radius 1 is 0.642 bits per heavy atom. The van der Waals surface area contributed by atoms with Crippen molar-refractivity contribution in [1.29, 1.82) is 0 Å². The monoisotopic (exact) mass is 784 g/mol. The fourth-order valence-electron chi connectivity index (χ4n) is 10.5. The van der Waals surface area contributed by atoms with Gasteiger partial charge in [0.2, 0.25) is 0 Å². The molecular weight excluding hydrogens is 738 g/mol. The van der Waals surface area contributed by atoms with Gasteiger partial charge in [-0.05, 0) is 76.1 Å². The van der Waals surface area contributed by atoms with Gasteiger partial charge in [-0.1, -0.05) is 36.4 Å². The molecule has 2 aromatic rings. The van der Waals surface area contributed by atoms with Gasteiger partial charge in [0, 0.05) is 45.9 Å². The van der Waals surface area contributed by atoms with E-state index in [2.05, 4.69) is 36.0 Å². The molecule has 292 valence electrons. The highest BCUT2D eigenvalue weighted by atomic mass is 31.2. The van der Waals surface area contributed by atoms with E-state index >= 15 is 0 Å². The van der Waals surface area contributed by atoms with Gasteiger partial charge in [-0.15, -0.1) is 0 Å². The maximum absolute atomic E-state index is 10.4. The van der Waals surface area contributed by atoms with Gasteiger partial charge < -0.3 is 74.5 Å². The number of nitrogens with zero attached hydrogens (tertiary/aromatic N) is 2. The Labute approximate surface area is 304 Å². The van der Waals surface area contributed by atoms with Crippen molar-refractivity contribution in [3.8, 4) is 23.0 Å². The molecule has 19 heteroatoms. The standard InChI is InChI=1S/2C17H19NO3.2H3O4P.H2O/c2*1-18-7-6-17-10-3-5-13(20)16(17)21-15-12(19)4-2-9(14(15)17)8-11(10)18;2*1-5(2,3)4;/h2*2-5,10-11,13,16,19-20H,6-8H2,1H3;2*(H3,1,2,3,4);1H2/t2*10-,11+,13-,16-,17-;;;/m00.../s1. The SMILES string of the molecule is CN1CC[C@]23c4c5ccc(O)c4O[C@H]2[C@@H](O)C=C[C@H]3[C@H]1C5.CN1CC[C@]23c4c5ccc(O)c4O[C@H]2[C@@H](O)C=C[C@H]3[C@H]1C5.O.O=P(O)(O)O.O=P(O)(O)O. The van der Waals surface area contributed by atoms with E-state index in [1.807, 2.05) is 24.3 Å². The molecule has 4 heterocycles. The fraction of sp³-hybridized carbons (Fsp3) is 0.529. The number of aromatic hydroxyl groups is 2. The van der Waals surface area contributed by atoms with Gasteiger partial charge in [0.15, 0.2) is 23.0 Å². The second kappa shape index (κ2) is 13.7. The molecular formula is C34H46N2O15P2.